The molecule has 0 aromatic rings. The van der Waals surface area contributed by atoms with Crippen molar-refractivity contribution < 1.29 is 42.9 Å². The van der Waals surface area contributed by atoms with E-state index >= 15 is 0 Å². The molecule has 15 nitrogen and oxygen atoms in total. The number of carbonyl (C=O) groups excluding carboxylic acids is 4. The van der Waals surface area contributed by atoms with Crippen LogP contribution in [0.1, 0.15) is 118 Å². The molecule has 2 aliphatic heterocycles. The predicted molar refractivity (Wildman–Crippen MR) is 209 cm³/mol. The van der Waals surface area contributed by atoms with Gasteiger partial charge in [0.1, 0.15) is 12.2 Å². The summed E-state index contributed by atoms with van der Waals surface area (Å²) in [4.78, 5) is 56.0. The third-order valence-corrected chi connectivity index (χ3v) is 9.41. The molecular formula is C39H74N6O9. The summed E-state index contributed by atoms with van der Waals surface area (Å²) in [5.41, 5.74) is 0. The maximum Gasteiger partial charge on any atom is 0.417 e. The molecule has 6 unspecified atom stereocenters. The van der Waals surface area contributed by atoms with Crippen LogP contribution in [-0.4, -0.2) is 149 Å². The highest BCUT2D eigenvalue weighted by Gasteiger charge is 2.33. The predicted octanol–water partition coefficient (Wildman–Crippen LogP) is 5.90. The van der Waals surface area contributed by atoms with E-state index in [9.17, 15) is 19.2 Å². The highest BCUT2D eigenvalue weighted by molar-refractivity contribution is 5.90. The summed E-state index contributed by atoms with van der Waals surface area (Å²) in [5, 5.41) is 8.54. The van der Waals surface area contributed by atoms with Gasteiger partial charge in [0.05, 0.1) is 19.8 Å². The molecule has 54 heavy (non-hydrogen) atoms. The summed E-state index contributed by atoms with van der Waals surface area (Å²) in [5.74, 6) is 0. The monoisotopic (exact) mass is 771 g/mol. The topological polar surface area (TPSA) is 160 Å². The Kier molecular flexibility index (Phi) is 25.7. The van der Waals surface area contributed by atoms with Crippen LogP contribution in [0.2, 0.25) is 0 Å². The molecule has 0 bridgehead atoms. The van der Waals surface area contributed by atoms with Gasteiger partial charge in [-0.2, -0.15) is 0 Å². The molecule has 2 rings (SSSR count). The molecule has 3 N–H and O–H groups in total. The smallest absolute Gasteiger partial charge is 0.417 e. The van der Waals surface area contributed by atoms with Crippen molar-refractivity contribution in [2.45, 2.75) is 142 Å². The summed E-state index contributed by atoms with van der Waals surface area (Å²) >= 11 is 0. The molecule has 2 saturated heterocycles. The van der Waals surface area contributed by atoms with Crippen molar-refractivity contribution >= 4 is 24.3 Å². The number of alkyl carbamates (subject to hydrolysis) is 2. The lowest BCUT2D eigenvalue weighted by Crippen LogP contribution is -2.45. The lowest BCUT2D eigenvalue weighted by molar-refractivity contribution is 0.0124. The Morgan fingerprint density at radius 3 is 1.48 bits per heavy atom. The molecule has 0 saturated carbocycles. The highest BCUT2D eigenvalue weighted by Crippen LogP contribution is 2.18. The highest BCUT2D eigenvalue weighted by atomic mass is 16.6. The van der Waals surface area contributed by atoms with Crippen LogP contribution in [0, 0.1) is 0 Å². The first-order chi connectivity index (χ1) is 26.2. The van der Waals surface area contributed by atoms with Gasteiger partial charge in [-0.3, -0.25) is 9.80 Å². The molecule has 5 amide bonds. The molecule has 0 aliphatic carbocycles. The Labute approximate surface area is 325 Å². The number of unbranched alkanes of at least 4 members (excludes halogenated alkanes) is 8. The van der Waals surface area contributed by atoms with Crippen LogP contribution in [-0.2, 0) is 23.7 Å². The number of amides is 5. The molecule has 15 heteroatoms. The molecular weight excluding hydrogens is 696 g/mol. The van der Waals surface area contributed by atoms with E-state index in [0.29, 0.717) is 84.1 Å². The largest absolute Gasteiger partial charge is 0.449 e. The molecule has 0 radical (unpaired) electrons. The van der Waals surface area contributed by atoms with E-state index in [1.54, 1.807) is 0 Å². The number of nitrogens with one attached hydrogen (secondary N) is 3. The number of hydrogen-bond acceptors (Lipinski definition) is 11. The lowest BCUT2D eigenvalue weighted by atomic mass is 10.2. The van der Waals surface area contributed by atoms with Crippen molar-refractivity contribution in [2.75, 3.05) is 85.4 Å². The first-order valence-electron chi connectivity index (χ1n) is 20.9. The van der Waals surface area contributed by atoms with Crippen molar-refractivity contribution in [1.82, 2.24) is 30.7 Å². The fourth-order valence-corrected chi connectivity index (χ4v) is 5.74. The minimum absolute atomic E-state index is 0.250. The van der Waals surface area contributed by atoms with Gasteiger partial charge < -0.3 is 39.6 Å². The molecule has 0 aromatic heterocycles. The number of nitrogens with zero attached hydrogens (tertiary/aromatic N) is 3. The lowest BCUT2D eigenvalue weighted by Gasteiger charge is -2.21. The van der Waals surface area contributed by atoms with Gasteiger partial charge in [0.25, 0.3) is 0 Å². The zero-order valence-electron chi connectivity index (χ0n) is 34.2. The van der Waals surface area contributed by atoms with Crippen LogP contribution in [0.15, 0.2) is 0 Å². The fraction of sp³-hybridized carbons (Fsp3) is 0.897. The molecule has 314 valence electrons. The number of carbonyl (C=O) groups is 4. The maximum absolute atomic E-state index is 12.9. The van der Waals surface area contributed by atoms with E-state index in [-0.39, 0.29) is 25.4 Å². The van der Waals surface area contributed by atoms with Gasteiger partial charge in [0.2, 0.25) is 0 Å². The molecule has 0 aromatic carbocycles. The Bertz CT molecular complexity index is 1040. The van der Waals surface area contributed by atoms with Crippen LogP contribution in [0.5, 0.6) is 0 Å². The van der Waals surface area contributed by atoms with Gasteiger partial charge in [-0.25, -0.2) is 24.1 Å². The maximum atomic E-state index is 12.9. The second kappa shape index (κ2) is 29.4. The first kappa shape index (κ1) is 47.3. The van der Waals surface area contributed by atoms with Crippen molar-refractivity contribution in [3.05, 3.63) is 0 Å². The summed E-state index contributed by atoms with van der Waals surface area (Å²) in [6.07, 6.45) is 8.97. The van der Waals surface area contributed by atoms with E-state index in [4.69, 9.17) is 23.7 Å². The van der Waals surface area contributed by atoms with E-state index in [0.717, 1.165) is 88.6 Å². The zero-order chi connectivity index (χ0) is 39.4. The summed E-state index contributed by atoms with van der Waals surface area (Å²) < 4.78 is 28.0. The quantitative estimate of drug-likeness (QED) is 0.0425. The molecule has 2 heterocycles. The van der Waals surface area contributed by atoms with E-state index in [2.05, 4.69) is 53.4 Å². The van der Waals surface area contributed by atoms with E-state index < -0.39 is 24.3 Å². The Balaban J connectivity index is 1.57. The van der Waals surface area contributed by atoms with Crippen molar-refractivity contribution in [3.63, 3.8) is 0 Å². The minimum atomic E-state index is -0.638. The number of imide groups is 1. The normalized spacial score (nSPS) is 19.6. The zero-order valence-corrected chi connectivity index (χ0v) is 34.2. The Morgan fingerprint density at radius 1 is 0.611 bits per heavy atom. The standard InChI is InChI=1S/C39H74N6O9/c1-6-9-24-50-30-34(28-43-26-32(43)4)53-37(47)41-20-16-12-11-15-19-40-36(46)45(39(49)52-23-8-3)22-18-14-13-17-21-42-38(48)54-35(29-44-27-33(44)5)31-51-25-10-7-2/h32-35H,6-31H2,1-5H3,(H,40,46)(H,41,47)(H,42,48). The van der Waals surface area contributed by atoms with Gasteiger partial charge in [0.15, 0.2) is 0 Å². The van der Waals surface area contributed by atoms with Gasteiger partial charge in [0, 0.05) is 77.7 Å². The molecule has 2 aliphatic rings. The third kappa shape index (κ3) is 23.1. The SMILES string of the molecule is CCCCOCC(CN1CC1C)OC(=O)NCCCCCCNC(=O)N(CCCCCCNC(=O)OC(COCCCC)CN1CC1C)C(=O)OCCC. The van der Waals surface area contributed by atoms with Crippen molar-refractivity contribution in [3.8, 4) is 0 Å². The van der Waals surface area contributed by atoms with Gasteiger partial charge in [-0.05, 0) is 58.8 Å². The van der Waals surface area contributed by atoms with Crippen LogP contribution in [0.3, 0.4) is 0 Å². The second-order valence-electron chi connectivity index (χ2n) is 14.7. The average molecular weight is 771 g/mol. The Hall–Kier alpha value is -2.88. The first-order valence-corrected chi connectivity index (χ1v) is 20.9. The molecule has 0 spiro atoms. The van der Waals surface area contributed by atoms with Gasteiger partial charge in [-0.1, -0.05) is 59.3 Å². The molecule has 6 atom stereocenters. The van der Waals surface area contributed by atoms with E-state index in [1.165, 1.54) is 0 Å². The summed E-state index contributed by atoms with van der Waals surface area (Å²) in [6, 6.07) is 0.593. The van der Waals surface area contributed by atoms with Gasteiger partial charge in [-0.15, -0.1) is 0 Å². The average Bonchev–Trinajstić information content (AvgIpc) is 4.05. The van der Waals surface area contributed by atoms with E-state index in [1.807, 2.05) is 6.92 Å². The number of rotatable bonds is 32. The van der Waals surface area contributed by atoms with Crippen LogP contribution < -0.4 is 16.0 Å². The van der Waals surface area contributed by atoms with Crippen LogP contribution in [0.4, 0.5) is 19.2 Å². The second-order valence-corrected chi connectivity index (χ2v) is 14.7. The molecule has 2 fully saturated rings. The van der Waals surface area contributed by atoms with Crippen LogP contribution in [0.25, 0.3) is 0 Å². The van der Waals surface area contributed by atoms with Crippen molar-refractivity contribution in [1.29, 1.82) is 0 Å². The van der Waals surface area contributed by atoms with Gasteiger partial charge >= 0.3 is 24.3 Å². The fourth-order valence-electron chi connectivity index (χ4n) is 5.74. The minimum Gasteiger partial charge on any atom is -0.449 e. The summed E-state index contributed by atoms with van der Waals surface area (Å²) in [6.45, 7) is 17.9. The summed E-state index contributed by atoms with van der Waals surface area (Å²) in [7, 11) is 0. The van der Waals surface area contributed by atoms with Crippen LogP contribution >= 0.6 is 0 Å². The number of urea groups is 1. The number of ether oxygens (including phenoxy) is 5. The Morgan fingerprint density at radius 2 is 1.06 bits per heavy atom. The number of hydrogen-bond donors (Lipinski definition) is 3. The van der Waals surface area contributed by atoms with Crippen molar-refractivity contribution in [2.24, 2.45) is 0 Å². The third-order valence-electron chi connectivity index (χ3n) is 9.41.